The summed E-state index contributed by atoms with van der Waals surface area (Å²) in [4.78, 5) is 14.4. The predicted octanol–water partition coefficient (Wildman–Crippen LogP) is 13.0. The number of nitrogens with zero attached hydrogens (tertiary/aromatic N) is 4. The van der Waals surface area contributed by atoms with Crippen molar-refractivity contribution in [3.63, 3.8) is 0 Å². The third kappa shape index (κ3) is 12.2. The van der Waals surface area contributed by atoms with E-state index in [-0.39, 0.29) is 0 Å². The Balaban J connectivity index is 0.000000234. The molecule has 0 saturated heterocycles. The quantitative estimate of drug-likeness (QED) is 0.118. The fourth-order valence-corrected chi connectivity index (χ4v) is 4.80. The number of rotatable bonds is 8. The number of nitrogen functional groups attached to an aromatic ring is 1. The molecule has 9 nitrogen and oxygen atoms in total. The molecule has 0 atom stereocenters. The van der Waals surface area contributed by atoms with Crippen LogP contribution < -0.4 is 24.7 Å². The monoisotopic (exact) mass is 921 g/mol. The Morgan fingerprint density at radius 3 is 0.823 bits per heavy atom. The third-order valence-corrected chi connectivity index (χ3v) is 7.38. The minimum absolute atomic E-state index is 0.376. The van der Waals surface area contributed by atoms with Crippen LogP contribution in [0, 0.1) is 23.3 Å². The van der Waals surface area contributed by atoms with Gasteiger partial charge in [-0.15, -0.1) is 0 Å². The van der Waals surface area contributed by atoms with E-state index in [4.69, 9.17) is 36.3 Å². The topological polar surface area (TPSA) is 115 Å². The van der Waals surface area contributed by atoms with Crippen molar-refractivity contribution >= 4 is 17.5 Å². The van der Waals surface area contributed by atoms with E-state index < -0.39 is 128 Å². The van der Waals surface area contributed by atoms with E-state index in [1.807, 2.05) is 0 Å². The van der Waals surface area contributed by atoms with Gasteiger partial charge in [0.1, 0.15) is 46.3 Å². The Kier molecular flexibility index (Phi) is 13.2. The zero-order valence-electron chi connectivity index (χ0n) is 29.5. The molecular formula is C36H16ClF16N5O4. The minimum Gasteiger partial charge on any atom is -0.439 e. The van der Waals surface area contributed by atoms with Gasteiger partial charge in [-0.2, -0.15) is 72.6 Å². The number of aromatic nitrogens is 4. The summed E-state index contributed by atoms with van der Waals surface area (Å²) in [6.07, 6.45) is -19.9. The first-order valence-corrected chi connectivity index (χ1v) is 16.4. The van der Waals surface area contributed by atoms with E-state index in [0.29, 0.717) is 48.5 Å². The molecule has 6 rings (SSSR count). The van der Waals surface area contributed by atoms with Gasteiger partial charge < -0.3 is 24.7 Å². The van der Waals surface area contributed by atoms with Crippen molar-refractivity contribution in [2.45, 2.75) is 24.7 Å². The van der Waals surface area contributed by atoms with Gasteiger partial charge in [0.05, 0.1) is 34.4 Å². The van der Waals surface area contributed by atoms with Gasteiger partial charge in [0.15, 0.2) is 0 Å². The summed E-state index contributed by atoms with van der Waals surface area (Å²) in [5.74, 6) is -10.2. The van der Waals surface area contributed by atoms with E-state index in [1.165, 1.54) is 0 Å². The van der Waals surface area contributed by atoms with E-state index in [9.17, 15) is 70.2 Å². The lowest BCUT2D eigenvalue weighted by atomic mass is 10.2. The van der Waals surface area contributed by atoms with Crippen LogP contribution in [0.15, 0.2) is 84.9 Å². The first-order chi connectivity index (χ1) is 28.6. The van der Waals surface area contributed by atoms with Gasteiger partial charge in [0, 0.05) is 0 Å². The maximum atomic E-state index is 13.4. The average Bonchev–Trinajstić information content (AvgIpc) is 3.13. The SMILES string of the molecule is Fc1ccc(Oc2cc(Oc3ccc(F)c(C(F)(F)F)c3)nc(Cl)n2)cc1C(F)(F)F.Nc1nc(Oc2ccc(F)c(C(F)(F)F)c2)cc(Oc2ccc(F)c(C(F)(F)F)c2)n1. The van der Waals surface area contributed by atoms with Gasteiger partial charge in [-0.05, 0) is 84.4 Å². The van der Waals surface area contributed by atoms with E-state index in [2.05, 4.69) is 19.9 Å². The summed E-state index contributed by atoms with van der Waals surface area (Å²) in [5, 5.41) is -0.524. The number of hydrogen-bond donors (Lipinski definition) is 1. The molecule has 0 amide bonds. The Morgan fingerprint density at radius 2 is 0.597 bits per heavy atom. The molecule has 0 fully saturated rings. The molecule has 6 aromatic rings. The molecule has 328 valence electrons. The van der Waals surface area contributed by atoms with Gasteiger partial charge in [-0.25, -0.2) is 17.6 Å². The standard InChI is InChI=1S/C18H7ClF8N2O2.C18H9F8N3O2/c19-16-28-14(30-8-1-3-12(20)10(5-8)17(22,23)24)7-15(29-16)31-9-2-4-13(21)11(6-9)18(25,26)27;19-12-3-1-8(5-10(12)17(21,22)23)30-14-7-15(29-16(27)28-14)31-9-2-4-13(20)11(6-9)18(24,25)26/h1-7H;1-7H,(H2,27,28,29). The molecule has 0 unspecified atom stereocenters. The molecule has 62 heavy (non-hydrogen) atoms. The predicted molar refractivity (Wildman–Crippen MR) is 179 cm³/mol. The van der Waals surface area contributed by atoms with E-state index in [0.717, 1.165) is 36.4 Å². The van der Waals surface area contributed by atoms with Gasteiger partial charge in [-0.1, -0.05) is 0 Å². The second-order valence-corrected chi connectivity index (χ2v) is 12.0. The van der Waals surface area contributed by atoms with E-state index in [1.54, 1.807) is 0 Å². The summed E-state index contributed by atoms with van der Waals surface area (Å²) in [6.45, 7) is 0. The minimum atomic E-state index is -4.99. The molecule has 0 radical (unpaired) electrons. The summed E-state index contributed by atoms with van der Waals surface area (Å²) < 4.78 is 228. The maximum Gasteiger partial charge on any atom is 0.419 e. The highest BCUT2D eigenvalue weighted by molar-refractivity contribution is 6.28. The fourth-order valence-electron chi connectivity index (χ4n) is 4.63. The number of benzene rings is 4. The van der Waals surface area contributed by atoms with Gasteiger partial charge in [0.25, 0.3) is 0 Å². The number of nitrogens with two attached hydrogens (primary N) is 1. The van der Waals surface area contributed by atoms with Crippen molar-refractivity contribution in [2.24, 2.45) is 0 Å². The highest BCUT2D eigenvalue weighted by Gasteiger charge is 2.37. The van der Waals surface area contributed by atoms with Crippen molar-refractivity contribution in [1.82, 2.24) is 19.9 Å². The summed E-state index contributed by atoms with van der Waals surface area (Å²) >= 11 is 5.68. The Bertz CT molecular complexity index is 2240. The van der Waals surface area contributed by atoms with Gasteiger partial charge in [0.2, 0.25) is 34.8 Å². The third-order valence-electron chi connectivity index (χ3n) is 7.21. The van der Waals surface area contributed by atoms with Crippen LogP contribution in [-0.4, -0.2) is 19.9 Å². The molecule has 2 N–H and O–H groups in total. The summed E-state index contributed by atoms with van der Waals surface area (Å²) in [5.41, 5.74) is -0.906. The number of ether oxygens (including phenoxy) is 4. The number of hydrogen-bond acceptors (Lipinski definition) is 9. The zero-order chi connectivity index (χ0) is 45.9. The highest BCUT2D eigenvalue weighted by Crippen LogP contribution is 2.39. The maximum absolute atomic E-state index is 13.4. The molecule has 0 aliphatic carbocycles. The first-order valence-electron chi connectivity index (χ1n) is 16.0. The van der Waals surface area contributed by atoms with Crippen LogP contribution in [0.5, 0.6) is 46.5 Å². The second-order valence-electron chi connectivity index (χ2n) is 11.7. The van der Waals surface area contributed by atoms with Crippen LogP contribution in [0.2, 0.25) is 5.28 Å². The molecule has 0 aliphatic heterocycles. The van der Waals surface area contributed by atoms with Crippen molar-refractivity contribution in [1.29, 1.82) is 0 Å². The van der Waals surface area contributed by atoms with Crippen LogP contribution in [-0.2, 0) is 24.7 Å². The van der Waals surface area contributed by atoms with Crippen LogP contribution in [0.25, 0.3) is 0 Å². The van der Waals surface area contributed by atoms with Crippen LogP contribution in [0.4, 0.5) is 76.2 Å². The van der Waals surface area contributed by atoms with Gasteiger partial charge >= 0.3 is 24.7 Å². The van der Waals surface area contributed by atoms with Crippen molar-refractivity contribution in [3.8, 4) is 46.5 Å². The van der Waals surface area contributed by atoms with Crippen LogP contribution >= 0.6 is 11.6 Å². The molecule has 0 spiro atoms. The Hall–Kier alpha value is -6.79. The van der Waals surface area contributed by atoms with Crippen molar-refractivity contribution < 1.29 is 89.2 Å². The van der Waals surface area contributed by atoms with Crippen LogP contribution in [0.3, 0.4) is 0 Å². The molecule has 2 aromatic heterocycles. The van der Waals surface area contributed by atoms with E-state index >= 15 is 0 Å². The smallest absolute Gasteiger partial charge is 0.419 e. The summed E-state index contributed by atoms with van der Waals surface area (Å²) in [6, 6.07) is 8.96. The number of alkyl halides is 12. The largest absolute Gasteiger partial charge is 0.439 e. The van der Waals surface area contributed by atoms with Crippen LogP contribution in [0.1, 0.15) is 22.3 Å². The summed E-state index contributed by atoms with van der Waals surface area (Å²) in [7, 11) is 0. The normalized spacial score (nSPS) is 12.0. The van der Waals surface area contributed by atoms with Crippen molar-refractivity contribution in [2.75, 3.05) is 5.73 Å². The molecule has 0 bridgehead atoms. The van der Waals surface area contributed by atoms with Gasteiger partial charge in [-0.3, -0.25) is 0 Å². The first kappa shape index (κ1) is 46.3. The number of halogens is 17. The Morgan fingerprint density at radius 1 is 0.371 bits per heavy atom. The zero-order valence-corrected chi connectivity index (χ0v) is 30.3. The molecule has 0 aliphatic rings. The van der Waals surface area contributed by atoms with Crippen molar-refractivity contribution in [3.05, 3.63) is 136 Å². The second kappa shape index (κ2) is 17.7. The Labute approximate surface area is 339 Å². The number of anilines is 1. The molecule has 0 saturated carbocycles. The molecule has 26 heteroatoms. The fraction of sp³-hybridized carbons (Fsp3) is 0.111. The molecule has 2 heterocycles. The molecular weight excluding hydrogens is 906 g/mol. The molecule has 4 aromatic carbocycles. The average molecular weight is 922 g/mol. The lowest BCUT2D eigenvalue weighted by Gasteiger charge is -2.12. The lowest BCUT2D eigenvalue weighted by Crippen LogP contribution is -2.08. The highest BCUT2D eigenvalue weighted by atomic mass is 35.5. The lowest BCUT2D eigenvalue weighted by molar-refractivity contribution is -0.140.